The molecule has 0 aliphatic rings. The molecular formula is C25H32N4O3S2. The van der Waals surface area contributed by atoms with Crippen LogP contribution in [0.4, 0.5) is 0 Å². The van der Waals surface area contributed by atoms with E-state index in [1.54, 1.807) is 23.3 Å². The molecule has 2 unspecified atom stereocenters. The molecule has 1 heterocycles. The van der Waals surface area contributed by atoms with Crippen LogP contribution in [0.15, 0.2) is 58.9 Å². The molecule has 0 aliphatic carbocycles. The van der Waals surface area contributed by atoms with Gasteiger partial charge < -0.3 is 15.7 Å². The van der Waals surface area contributed by atoms with Crippen LogP contribution in [0.3, 0.4) is 0 Å². The van der Waals surface area contributed by atoms with Crippen LogP contribution in [-0.2, 0) is 16.0 Å². The highest BCUT2D eigenvalue weighted by molar-refractivity contribution is 7.97. The molecule has 2 aromatic carbocycles. The summed E-state index contributed by atoms with van der Waals surface area (Å²) in [5, 5.41) is 16.7. The average molecular weight is 501 g/mol. The number of aliphatic hydroxyl groups excluding tert-OH is 1. The number of carbonyl (C=O) groups is 2. The molecule has 3 aromatic rings. The second-order valence-electron chi connectivity index (χ2n) is 8.65. The van der Waals surface area contributed by atoms with E-state index in [-0.39, 0.29) is 18.4 Å². The third-order valence-corrected chi connectivity index (χ3v) is 6.92. The molecule has 0 spiro atoms. The van der Waals surface area contributed by atoms with Gasteiger partial charge in [0.25, 0.3) is 0 Å². The van der Waals surface area contributed by atoms with Gasteiger partial charge >= 0.3 is 0 Å². The fourth-order valence-corrected chi connectivity index (χ4v) is 5.54. The second-order valence-corrected chi connectivity index (χ2v) is 10.7. The summed E-state index contributed by atoms with van der Waals surface area (Å²) in [6.45, 7) is 6.69. The molecule has 34 heavy (non-hydrogen) atoms. The largest absolute Gasteiger partial charge is 0.390 e. The molecule has 0 radical (unpaired) electrons. The quantitative estimate of drug-likeness (QED) is 0.330. The zero-order chi connectivity index (χ0) is 24.5. The van der Waals surface area contributed by atoms with Crippen molar-refractivity contribution in [3.8, 4) is 0 Å². The van der Waals surface area contributed by atoms with Crippen LogP contribution in [0.2, 0.25) is 0 Å². The lowest BCUT2D eigenvalue weighted by molar-refractivity contribution is -0.126. The Kier molecular flexibility index (Phi) is 9.88. The van der Waals surface area contributed by atoms with E-state index in [0.717, 1.165) is 27.2 Å². The molecule has 2 amide bonds. The molecular weight excluding hydrogens is 468 g/mol. The first kappa shape index (κ1) is 26.2. The number of hydrogen-bond acceptors (Lipinski definition) is 7. The predicted molar refractivity (Wildman–Crippen MR) is 139 cm³/mol. The van der Waals surface area contributed by atoms with E-state index < -0.39 is 12.1 Å². The van der Waals surface area contributed by atoms with Crippen LogP contribution in [0, 0.1) is 5.92 Å². The van der Waals surface area contributed by atoms with Crippen LogP contribution < -0.4 is 10.6 Å². The summed E-state index contributed by atoms with van der Waals surface area (Å²) < 4.78 is 3.28. The van der Waals surface area contributed by atoms with Crippen LogP contribution in [-0.4, -0.2) is 58.0 Å². The normalized spacial score (nSPS) is 13.2. The molecule has 9 heteroatoms. The Morgan fingerprint density at radius 3 is 2.62 bits per heavy atom. The van der Waals surface area contributed by atoms with E-state index in [2.05, 4.69) is 39.8 Å². The topological polar surface area (TPSA) is 94.6 Å². The van der Waals surface area contributed by atoms with Gasteiger partial charge in [-0.1, -0.05) is 44.2 Å². The number of aromatic nitrogens is 1. The summed E-state index contributed by atoms with van der Waals surface area (Å²) in [7, 11) is 0. The first-order chi connectivity index (χ1) is 16.3. The van der Waals surface area contributed by atoms with Crippen molar-refractivity contribution in [2.75, 3.05) is 19.6 Å². The van der Waals surface area contributed by atoms with Gasteiger partial charge in [0.2, 0.25) is 11.8 Å². The fourth-order valence-electron chi connectivity index (χ4n) is 3.55. The highest BCUT2D eigenvalue weighted by atomic mass is 32.2. The monoisotopic (exact) mass is 500 g/mol. The Morgan fingerprint density at radius 1 is 1.15 bits per heavy atom. The van der Waals surface area contributed by atoms with Crippen molar-refractivity contribution in [2.45, 2.75) is 44.2 Å². The summed E-state index contributed by atoms with van der Waals surface area (Å²) >= 11 is 3.21. The van der Waals surface area contributed by atoms with Crippen LogP contribution in [0.25, 0.3) is 10.2 Å². The average Bonchev–Trinajstić information content (AvgIpc) is 3.25. The van der Waals surface area contributed by atoms with Crippen molar-refractivity contribution in [2.24, 2.45) is 5.92 Å². The number of carbonyl (C=O) groups excluding carboxylic acids is 2. The summed E-state index contributed by atoms with van der Waals surface area (Å²) in [6, 6.07) is 15.4. The summed E-state index contributed by atoms with van der Waals surface area (Å²) in [4.78, 5) is 29.1. The molecule has 0 aliphatic heterocycles. The first-order valence-corrected chi connectivity index (χ1v) is 13.0. The van der Waals surface area contributed by atoms with Crippen molar-refractivity contribution in [3.63, 3.8) is 0 Å². The van der Waals surface area contributed by atoms with Gasteiger partial charge in [0.05, 0.1) is 34.4 Å². The predicted octanol–water partition coefficient (Wildman–Crippen LogP) is 3.49. The van der Waals surface area contributed by atoms with Crippen LogP contribution in [0.5, 0.6) is 0 Å². The maximum atomic E-state index is 12.4. The van der Waals surface area contributed by atoms with E-state index in [1.807, 2.05) is 48.0 Å². The number of hydrogen-bond donors (Lipinski definition) is 3. The molecule has 3 rings (SSSR count). The lowest BCUT2D eigenvalue weighted by Crippen LogP contribution is -2.51. The Balaban J connectivity index is 1.72. The van der Waals surface area contributed by atoms with E-state index in [0.29, 0.717) is 18.9 Å². The number of nitrogens with one attached hydrogen (secondary N) is 2. The van der Waals surface area contributed by atoms with Crippen LogP contribution in [0.1, 0.15) is 26.3 Å². The number of benzene rings is 2. The van der Waals surface area contributed by atoms with Gasteiger partial charge in [-0.15, -0.1) is 11.3 Å². The third kappa shape index (κ3) is 8.39. The lowest BCUT2D eigenvalue weighted by Gasteiger charge is -2.30. The highest BCUT2D eigenvalue weighted by Gasteiger charge is 2.25. The molecule has 0 saturated carbocycles. The molecule has 7 nitrogen and oxygen atoms in total. The highest BCUT2D eigenvalue weighted by Crippen LogP contribution is 2.29. The van der Waals surface area contributed by atoms with E-state index in [1.165, 1.54) is 6.92 Å². The molecule has 0 bridgehead atoms. The minimum Gasteiger partial charge on any atom is -0.390 e. The number of nitrogens with zero attached hydrogens (tertiary/aromatic N) is 2. The van der Waals surface area contributed by atoms with Gasteiger partial charge in [-0.05, 0) is 48.0 Å². The molecule has 2 atom stereocenters. The lowest BCUT2D eigenvalue weighted by atomic mass is 10.0. The number of thiazole rings is 1. The third-order valence-electron chi connectivity index (χ3n) is 5.10. The summed E-state index contributed by atoms with van der Waals surface area (Å²) in [6.07, 6.45) is -0.319. The maximum absolute atomic E-state index is 12.4. The molecule has 3 N–H and O–H groups in total. The van der Waals surface area contributed by atoms with Gasteiger partial charge in [-0.3, -0.25) is 9.59 Å². The van der Waals surface area contributed by atoms with E-state index in [4.69, 9.17) is 0 Å². The minimum absolute atomic E-state index is 0.118. The second kappa shape index (κ2) is 12.9. The van der Waals surface area contributed by atoms with E-state index in [9.17, 15) is 14.7 Å². The Morgan fingerprint density at radius 2 is 1.91 bits per heavy atom. The van der Waals surface area contributed by atoms with Crippen molar-refractivity contribution in [1.29, 1.82) is 0 Å². The number of amides is 2. The Hall–Kier alpha value is -2.46. The Bertz CT molecular complexity index is 1070. The summed E-state index contributed by atoms with van der Waals surface area (Å²) in [5.74, 6) is -0.199. The minimum atomic E-state index is -0.806. The molecule has 0 saturated heterocycles. The zero-order valence-electron chi connectivity index (χ0n) is 19.7. The number of aliphatic hydroxyl groups is 1. The zero-order valence-corrected chi connectivity index (χ0v) is 21.4. The van der Waals surface area contributed by atoms with Gasteiger partial charge in [-0.2, -0.15) is 0 Å². The molecule has 1 aromatic heterocycles. The van der Waals surface area contributed by atoms with Gasteiger partial charge in [0.15, 0.2) is 0 Å². The van der Waals surface area contributed by atoms with Crippen molar-refractivity contribution in [1.82, 2.24) is 19.9 Å². The van der Waals surface area contributed by atoms with Crippen molar-refractivity contribution >= 4 is 45.3 Å². The standard InChI is InChI=1S/C25H32N4O3S2/c1-17(2)14-29(34-20-9-10-21-24(12-20)33-16-27-21)15-23(31)22(11-19-7-5-4-6-8-19)28-25(32)13-26-18(3)30/h4-10,12,16-17,22-23,31H,11,13-15H2,1-3H3,(H,26,30)(H,28,32). The first-order valence-electron chi connectivity index (χ1n) is 11.3. The van der Waals surface area contributed by atoms with Gasteiger partial charge in [0.1, 0.15) is 0 Å². The van der Waals surface area contributed by atoms with Gasteiger partial charge in [0, 0.05) is 24.9 Å². The Labute approximate surface area is 209 Å². The van der Waals surface area contributed by atoms with E-state index >= 15 is 0 Å². The maximum Gasteiger partial charge on any atom is 0.239 e. The fraction of sp³-hybridized carbons (Fsp3) is 0.400. The van der Waals surface area contributed by atoms with Crippen molar-refractivity contribution < 1.29 is 14.7 Å². The summed E-state index contributed by atoms with van der Waals surface area (Å²) in [5.41, 5.74) is 3.84. The molecule has 182 valence electrons. The van der Waals surface area contributed by atoms with Crippen molar-refractivity contribution in [3.05, 3.63) is 59.6 Å². The smallest absolute Gasteiger partial charge is 0.239 e. The van der Waals surface area contributed by atoms with Crippen LogP contribution >= 0.6 is 23.3 Å². The molecule has 0 fully saturated rings. The number of rotatable bonds is 12. The SMILES string of the molecule is CC(=O)NCC(=O)NC(Cc1ccccc1)C(O)CN(CC(C)C)Sc1ccc2ncsc2c1. The number of fused-ring (bicyclic) bond motifs is 1. The van der Waals surface area contributed by atoms with Gasteiger partial charge in [-0.25, -0.2) is 9.29 Å².